The summed E-state index contributed by atoms with van der Waals surface area (Å²) < 4.78 is 23.6. The molecule has 1 aliphatic carbocycles. The van der Waals surface area contributed by atoms with Crippen LogP contribution in [0.25, 0.3) is 0 Å². The Balaban J connectivity index is 2.12. The fraction of sp³-hybridized carbons (Fsp3) is 0.846. The predicted molar refractivity (Wildman–Crippen MR) is 75.0 cm³/mol. The molecular weight excluding hydrogens is 280 g/mol. The van der Waals surface area contributed by atoms with Crippen LogP contribution in [0.2, 0.25) is 0 Å². The Labute approximate surface area is 119 Å². The Morgan fingerprint density at radius 2 is 1.80 bits per heavy atom. The van der Waals surface area contributed by atoms with E-state index in [1.807, 2.05) is 6.92 Å². The zero-order valence-electron chi connectivity index (χ0n) is 11.9. The first kappa shape index (κ1) is 15.3. The number of nitrogens with zero attached hydrogens (tertiary/aromatic N) is 1. The molecule has 0 aromatic rings. The summed E-state index contributed by atoms with van der Waals surface area (Å²) >= 11 is 0. The van der Waals surface area contributed by atoms with Gasteiger partial charge in [0.05, 0.1) is 5.75 Å². The first-order chi connectivity index (χ1) is 9.41. The van der Waals surface area contributed by atoms with Crippen LogP contribution in [-0.4, -0.2) is 48.8 Å². The maximum absolute atomic E-state index is 12.1. The molecule has 6 nitrogen and oxygen atoms in total. The molecule has 1 spiro atoms. The van der Waals surface area contributed by atoms with Crippen LogP contribution in [0.5, 0.6) is 0 Å². The van der Waals surface area contributed by atoms with Crippen molar-refractivity contribution in [3.8, 4) is 0 Å². The van der Waals surface area contributed by atoms with Crippen LogP contribution in [0.15, 0.2) is 0 Å². The molecule has 2 rings (SSSR count). The molecule has 7 heteroatoms. The molecule has 1 saturated heterocycles. The summed E-state index contributed by atoms with van der Waals surface area (Å²) in [5.74, 6) is -0.192. The van der Waals surface area contributed by atoms with Gasteiger partial charge >= 0.3 is 6.03 Å². The summed E-state index contributed by atoms with van der Waals surface area (Å²) in [7, 11) is -3.15. The van der Waals surface area contributed by atoms with E-state index < -0.39 is 21.4 Å². The lowest BCUT2D eigenvalue weighted by Crippen LogP contribution is -2.52. The number of rotatable bonds is 5. The Kier molecular flexibility index (Phi) is 4.36. The zero-order valence-corrected chi connectivity index (χ0v) is 12.7. The minimum Gasteiger partial charge on any atom is -0.309 e. The molecule has 1 N–H and O–H groups in total. The van der Waals surface area contributed by atoms with Gasteiger partial charge in [-0.1, -0.05) is 26.2 Å². The summed E-state index contributed by atoms with van der Waals surface area (Å²) in [5, 5.41) is 2.35. The molecule has 0 atom stereocenters. The van der Waals surface area contributed by atoms with E-state index in [1.54, 1.807) is 0 Å². The monoisotopic (exact) mass is 302 g/mol. The second kappa shape index (κ2) is 5.71. The van der Waals surface area contributed by atoms with Crippen molar-refractivity contribution in [3.05, 3.63) is 0 Å². The van der Waals surface area contributed by atoms with E-state index in [4.69, 9.17) is 0 Å². The molecule has 0 aromatic carbocycles. The van der Waals surface area contributed by atoms with Gasteiger partial charge in [-0.05, 0) is 19.3 Å². The number of urea groups is 1. The third-order valence-corrected chi connectivity index (χ3v) is 6.06. The maximum atomic E-state index is 12.1. The average Bonchev–Trinajstić information content (AvgIpc) is 2.60. The fourth-order valence-electron chi connectivity index (χ4n) is 3.19. The lowest BCUT2D eigenvalue weighted by molar-refractivity contribution is -0.128. The quantitative estimate of drug-likeness (QED) is 0.770. The number of hydrogen-bond acceptors (Lipinski definition) is 4. The Hall–Kier alpha value is -1.11. The lowest BCUT2D eigenvalue weighted by atomic mass is 9.80. The molecular formula is C13H22N2O4S. The van der Waals surface area contributed by atoms with Gasteiger partial charge in [0.2, 0.25) is 0 Å². The number of hydrogen-bond donors (Lipinski definition) is 1. The van der Waals surface area contributed by atoms with Crippen molar-refractivity contribution in [3.63, 3.8) is 0 Å². The summed E-state index contributed by atoms with van der Waals surface area (Å²) in [6, 6.07) is -0.441. The molecule has 3 amide bonds. The predicted octanol–water partition coefficient (Wildman–Crippen LogP) is 1.07. The second-order valence-corrected chi connectivity index (χ2v) is 7.96. The maximum Gasteiger partial charge on any atom is 0.325 e. The number of carbonyl (C=O) groups excluding carboxylic acids is 2. The summed E-state index contributed by atoms with van der Waals surface area (Å²) in [4.78, 5) is 25.5. The van der Waals surface area contributed by atoms with Crippen molar-refractivity contribution in [2.75, 3.05) is 18.1 Å². The first-order valence-corrected chi connectivity index (χ1v) is 9.07. The van der Waals surface area contributed by atoms with Gasteiger partial charge in [0.25, 0.3) is 5.91 Å². The number of sulfone groups is 1. The van der Waals surface area contributed by atoms with Crippen LogP contribution < -0.4 is 5.32 Å². The molecule has 114 valence electrons. The number of carbonyl (C=O) groups is 2. The summed E-state index contributed by atoms with van der Waals surface area (Å²) in [5.41, 5.74) is -0.795. The highest BCUT2D eigenvalue weighted by Crippen LogP contribution is 2.36. The average molecular weight is 302 g/mol. The van der Waals surface area contributed by atoms with Crippen molar-refractivity contribution in [1.82, 2.24) is 10.2 Å². The highest BCUT2D eigenvalue weighted by Gasteiger charge is 2.52. The van der Waals surface area contributed by atoms with Gasteiger partial charge in [0, 0.05) is 12.3 Å². The molecule has 1 saturated carbocycles. The van der Waals surface area contributed by atoms with Gasteiger partial charge in [0.15, 0.2) is 9.84 Å². The molecule has 2 fully saturated rings. The SMILES string of the molecule is CCCS(=O)(=O)CCN1C(=O)NC(=O)C12CCCCC2. The molecule has 20 heavy (non-hydrogen) atoms. The summed E-state index contributed by atoms with van der Waals surface area (Å²) in [6.45, 7) is 1.92. The molecule has 0 unspecified atom stereocenters. The Morgan fingerprint density at radius 1 is 1.15 bits per heavy atom. The third kappa shape index (κ3) is 2.82. The number of nitrogens with one attached hydrogen (secondary N) is 1. The van der Waals surface area contributed by atoms with Crippen LogP contribution in [-0.2, 0) is 14.6 Å². The minimum atomic E-state index is -3.15. The van der Waals surface area contributed by atoms with E-state index in [0.717, 1.165) is 19.3 Å². The number of amides is 3. The van der Waals surface area contributed by atoms with E-state index in [-0.39, 0.29) is 24.0 Å². The van der Waals surface area contributed by atoms with Gasteiger partial charge in [-0.25, -0.2) is 13.2 Å². The van der Waals surface area contributed by atoms with Crippen LogP contribution >= 0.6 is 0 Å². The van der Waals surface area contributed by atoms with Crippen LogP contribution in [0.1, 0.15) is 45.4 Å². The molecule has 0 radical (unpaired) electrons. The number of imide groups is 1. The van der Waals surface area contributed by atoms with Crippen molar-refractivity contribution in [2.45, 2.75) is 51.0 Å². The van der Waals surface area contributed by atoms with Crippen molar-refractivity contribution in [2.24, 2.45) is 0 Å². The standard InChI is InChI=1S/C13H22N2O4S/c1-2-9-20(18,19)10-8-15-12(17)14-11(16)13(15)6-4-3-5-7-13/h2-10H2,1H3,(H,14,16,17). The topological polar surface area (TPSA) is 83.6 Å². The first-order valence-electron chi connectivity index (χ1n) is 7.25. The molecule has 0 aromatic heterocycles. The zero-order chi connectivity index (χ0) is 14.8. The fourth-order valence-corrected chi connectivity index (χ4v) is 4.48. The van der Waals surface area contributed by atoms with Gasteiger partial charge < -0.3 is 4.90 Å². The van der Waals surface area contributed by atoms with E-state index >= 15 is 0 Å². The summed E-state index contributed by atoms with van der Waals surface area (Å²) in [6.07, 6.45) is 4.71. The van der Waals surface area contributed by atoms with E-state index in [2.05, 4.69) is 5.32 Å². The largest absolute Gasteiger partial charge is 0.325 e. The van der Waals surface area contributed by atoms with Gasteiger partial charge in [-0.15, -0.1) is 0 Å². The van der Waals surface area contributed by atoms with E-state index in [0.29, 0.717) is 19.3 Å². The van der Waals surface area contributed by atoms with Crippen molar-refractivity contribution in [1.29, 1.82) is 0 Å². The third-order valence-electron chi connectivity index (χ3n) is 4.23. The second-order valence-electron chi connectivity index (χ2n) is 5.65. The molecule has 1 heterocycles. The Morgan fingerprint density at radius 3 is 2.40 bits per heavy atom. The highest BCUT2D eigenvalue weighted by atomic mass is 32.2. The van der Waals surface area contributed by atoms with Gasteiger partial charge in [-0.2, -0.15) is 0 Å². The van der Waals surface area contributed by atoms with Crippen LogP contribution in [0.3, 0.4) is 0 Å². The lowest BCUT2D eigenvalue weighted by Gasteiger charge is -2.38. The minimum absolute atomic E-state index is 0.0662. The van der Waals surface area contributed by atoms with Gasteiger partial charge in [0.1, 0.15) is 5.54 Å². The smallest absolute Gasteiger partial charge is 0.309 e. The molecule has 0 bridgehead atoms. The molecule has 2 aliphatic rings. The van der Waals surface area contributed by atoms with Crippen LogP contribution in [0.4, 0.5) is 4.79 Å². The van der Waals surface area contributed by atoms with Crippen molar-refractivity contribution < 1.29 is 18.0 Å². The van der Waals surface area contributed by atoms with E-state index in [9.17, 15) is 18.0 Å². The molecule has 1 aliphatic heterocycles. The van der Waals surface area contributed by atoms with Crippen molar-refractivity contribution >= 4 is 21.8 Å². The Bertz CT molecular complexity index is 495. The van der Waals surface area contributed by atoms with E-state index in [1.165, 1.54) is 4.90 Å². The normalized spacial score (nSPS) is 22.4. The van der Waals surface area contributed by atoms with Crippen LogP contribution in [0, 0.1) is 0 Å². The highest BCUT2D eigenvalue weighted by molar-refractivity contribution is 7.91. The van der Waals surface area contributed by atoms with Gasteiger partial charge in [-0.3, -0.25) is 10.1 Å².